The van der Waals surface area contributed by atoms with Crippen LogP contribution in [-0.4, -0.2) is 23.6 Å². The Hall–Kier alpha value is 0.406. The van der Waals surface area contributed by atoms with E-state index in [1.165, 1.54) is 0 Å². The minimum absolute atomic E-state index is 0. The van der Waals surface area contributed by atoms with Gasteiger partial charge in [-0.15, -0.1) is 10.2 Å². The summed E-state index contributed by atoms with van der Waals surface area (Å²) in [6.07, 6.45) is 0.514. The molecule has 0 spiro atoms. The van der Waals surface area contributed by atoms with E-state index in [1.807, 2.05) is 0 Å². The number of aldehydes is 1. The Morgan fingerprint density at radius 3 is 2.18 bits per heavy atom. The Balaban J connectivity index is 0. The normalized spacial score (nSPS) is 7.18. The molecule has 1 aromatic heterocycles. The van der Waals surface area contributed by atoms with E-state index in [-0.39, 0.29) is 57.3 Å². The maximum Gasteiger partial charge on any atom is 1.00 e. The monoisotopic (exact) mass is 182 g/mol. The molecule has 0 atom stereocenters. The average molecular weight is 182 g/mol. The van der Waals surface area contributed by atoms with Crippen LogP contribution in [0.25, 0.3) is 0 Å². The van der Waals surface area contributed by atoms with Crippen LogP contribution in [-0.2, 0) is 0 Å². The van der Waals surface area contributed by atoms with Gasteiger partial charge < -0.3 is 9.52 Å². The molecule has 0 saturated heterocycles. The zero-order valence-electron chi connectivity index (χ0n) is 6.70. The van der Waals surface area contributed by atoms with Crippen molar-refractivity contribution in [3.05, 3.63) is 11.8 Å². The molecule has 11 heavy (non-hydrogen) atoms. The number of carbonyl (C=O) groups is 1. The summed E-state index contributed by atoms with van der Waals surface area (Å²) in [7, 11) is 0.750. The van der Waals surface area contributed by atoms with Gasteiger partial charge in [0.15, 0.2) is 0 Å². The molecule has 0 radical (unpaired) electrons. The average Bonchev–Trinajstić information content (AvgIpc) is 2.40. The van der Waals surface area contributed by atoms with Gasteiger partial charge in [-0.3, -0.25) is 4.79 Å². The Morgan fingerprint density at radius 2 is 2.00 bits per heavy atom. The van der Waals surface area contributed by atoms with E-state index < -0.39 is 0 Å². The first-order valence-corrected chi connectivity index (χ1v) is 2.49. The van der Waals surface area contributed by atoms with Crippen LogP contribution >= 0.6 is 0 Å². The van der Waals surface area contributed by atoms with Crippen LogP contribution in [0.3, 0.4) is 0 Å². The number of nitrogens with zero attached hydrogens (tertiary/aromatic N) is 2. The van der Waals surface area contributed by atoms with E-state index >= 15 is 0 Å². The van der Waals surface area contributed by atoms with Crippen LogP contribution in [0.2, 0.25) is 0 Å². The molecule has 56 valence electrons. The van der Waals surface area contributed by atoms with Crippen LogP contribution in [0, 0.1) is 6.92 Å². The van der Waals surface area contributed by atoms with E-state index in [2.05, 4.69) is 14.6 Å². The Morgan fingerprint density at radius 1 is 1.45 bits per heavy atom. The van der Waals surface area contributed by atoms with Gasteiger partial charge >= 0.3 is 51.4 Å². The molecule has 6 heteroatoms. The molecule has 0 saturated carbocycles. The van der Waals surface area contributed by atoms with Crippen molar-refractivity contribution in [3.63, 3.8) is 0 Å². The molecular weight excluding hydrogens is 175 g/mol. The van der Waals surface area contributed by atoms with Gasteiger partial charge in [-0.1, -0.05) is 0 Å². The summed E-state index contributed by atoms with van der Waals surface area (Å²) in [5, 5.41) is 15.0. The maximum atomic E-state index is 9.82. The zero-order valence-corrected chi connectivity index (χ0v) is 9.82. The molecule has 0 N–H and O–H groups in total. The summed E-state index contributed by atoms with van der Waals surface area (Å²) < 4.78 is 4.64. The smallest absolute Gasteiger partial charge is 0.857 e. The predicted octanol–water partition coefficient (Wildman–Crippen LogP) is -3.83. The molecule has 0 amide bonds. The first kappa shape index (κ1) is 14.0. The van der Waals surface area contributed by atoms with E-state index in [4.69, 9.17) is 5.11 Å². The molecule has 1 heterocycles. The van der Waals surface area contributed by atoms with Gasteiger partial charge in [0.1, 0.15) is 0 Å². The van der Waals surface area contributed by atoms with Crippen LogP contribution in [0.4, 0.5) is 0 Å². The number of hydrogen-bond acceptors (Lipinski definition) is 5. The number of rotatable bonds is 1. The minimum Gasteiger partial charge on any atom is -0.857 e. The second-order valence-corrected chi connectivity index (χ2v) is 1.28. The fourth-order valence-corrected chi connectivity index (χ4v) is 0.359. The van der Waals surface area contributed by atoms with Crippen molar-refractivity contribution in [2.24, 2.45) is 0 Å². The van der Waals surface area contributed by atoms with Gasteiger partial charge in [-0.25, -0.2) is 0 Å². The van der Waals surface area contributed by atoms with Crippen LogP contribution in [0.1, 0.15) is 16.6 Å². The van der Waals surface area contributed by atoms with E-state index in [9.17, 15) is 4.79 Å². The second kappa shape index (κ2) is 8.50. The summed E-state index contributed by atoms with van der Waals surface area (Å²) in [6, 6.07) is 0. The molecule has 0 bridgehead atoms. The topological polar surface area (TPSA) is 79.0 Å². The minimum atomic E-state index is 0. The number of hydrogen-bond donors (Lipinski definition) is 0. The molecule has 5 nitrogen and oxygen atoms in total. The molecule has 0 fully saturated rings. The summed E-state index contributed by atoms with van der Waals surface area (Å²) >= 11 is 0. The third-order valence-corrected chi connectivity index (χ3v) is 0.642. The molecule has 0 unspecified atom stereocenters. The van der Waals surface area contributed by atoms with Crippen molar-refractivity contribution in [1.82, 2.24) is 10.2 Å². The van der Waals surface area contributed by atoms with Crippen molar-refractivity contribution < 1.29 is 65.7 Å². The summed E-state index contributed by atoms with van der Waals surface area (Å²) in [5.41, 5.74) is 0. The van der Waals surface area contributed by atoms with Gasteiger partial charge in [0.05, 0.1) is 0 Å². The van der Waals surface area contributed by atoms with Gasteiger partial charge in [0, 0.05) is 6.92 Å². The molecule has 1 rings (SSSR count). The van der Waals surface area contributed by atoms with Crippen molar-refractivity contribution >= 4 is 6.29 Å². The standard InChI is InChI=1S/C4H4N2O2.CH3O.K/c1-3-5-6-4(2-7)8-3;1-2;/h2H,1H3;1H3;/q;-1;+1. The van der Waals surface area contributed by atoms with Crippen molar-refractivity contribution in [2.75, 3.05) is 7.11 Å². The van der Waals surface area contributed by atoms with Crippen LogP contribution in [0.15, 0.2) is 4.42 Å². The fourth-order valence-electron chi connectivity index (χ4n) is 0.359. The molecule has 0 aliphatic rings. The van der Waals surface area contributed by atoms with E-state index in [0.29, 0.717) is 12.2 Å². The first-order chi connectivity index (χ1) is 4.83. The number of aryl methyl sites for hydroxylation is 1. The van der Waals surface area contributed by atoms with Gasteiger partial charge in [0.25, 0.3) is 5.89 Å². The second-order valence-electron chi connectivity index (χ2n) is 1.28. The maximum absolute atomic E-state index is 9.82. The molecule has 0 aromatic carbocycles. The van der Waals surface area contributed by atoms with E-state index in [0.717, 1.165) is 7.11 Å². The molecule has 0 aliphatic carbocycles. The largest absolute Gasteiger partial charge is 1.00 e. The quantitative estimate of drug-likeness (QED) is 0.328. The Kier molecular flexibility index (Phi) is 10.8. The molecule has 1 aromatic rings. The van der Waals surface area contributed by atoms with Crippen molar-refractivity contribution in [3.8, 4) is 0 Å². The predicted molar refractivity (Wildman–Crippen MR) is 30.3 cm³/mol. The van der Waals surface area contributed by atoms with Gasteiger partial charge in [0.2, 0.25) is 12.2 Å². The van der Waals surface area contributed by atoms with Crippen molar-refractivity contribution in [1.29, 1.82) is 0 Å². The Bertz CT molecular complexity index is 201. The Labute approximate surface area is 107 Å². The fraction of sp³-hybridized carbons (Fsp3) is 0.400. The SMILES string of the molecule is C[O-].Cc1nnc(C=O)o1.[K+]. The molecular formula is C5H7KN2O3. The van der Waals surface area contributed by atoms with Crippen LogP contribution < -0.4 is 56.5 Å². The van der Waals surface area contributed by atoms with Crippen molar-refractivity contribution in [2.45, 2.75) is 6.92 Å². The van der Waals surface area contributed by atoms with Gasteiger partial charge in [-0.2, -0.15) is 7.11 Å². The van der Waals surface area contributed by atoms with Gasteiger partial charge in [-0.05, 0) is 0 Å². The molecule has 0 aliphatic heterocycles. The van der Waals surface area contributed by atoms with Crippen LogP contribution in [0.5, 0.6) is 0 Å². The zero-order chi connectivity index (χ0) is 7.98. The number of carbonyl (C=O) groups excluding carboxylic acids is 1. The third kappa shape index (κ3) is 5.65. The number of aromatic nitrogens is 2. The summed E-state index contributed by atoms with van der Waals surface area (Å²) in [5.74, 6) is 0.439. The third-order valence-electron chi connectivity index (χ3n) is 0.642. The van der Waals surface area contributed by atoms with E-state index in [1.54, 1.807) is 6.92 Å². The first-order valence-electron chi connectivity index (χ1n) is 2.49. The summed E-state index contributed by atoms with van der Waals surface area (Å²) in [6.45, 7) is 1.62. The summed E-state index contributed by atoms with van der Waals surface area (Å²) in [4.78, 5) is 9.82.